The molecule has 1 saturated heterocycles. The molecular formula is C20H18F3N3O3S. The molecule has 2 amide bonds. The van der Waals surface area contributed by atoms with Gasteiger partial charge < -0.3 is 10.1 Å². The summed E-state index contributed by atoms with van der Waals surface area (Å²) in [4.78, 5) is 30.4. The zero-order valence-electron chi connectivity index (χ0n) is 16.1. The molecule has 6 nitrogen and oxygen atoms in total. The molecule has 0 spiro atoms. The smallest absolute Gasteiger partial charge is 0.416 e. The summed E-state index contributed by atoms with van der Waals surface area (Å²) in [5, 5.41) is 2.11. The molecule has 0 aromatic heterocycles. The van der Waals surface area contributed by atoms with E-state index >= 15 is 0 Å². The molecule has 2 aromatic carbocycles. The molecule has 0 bridgehead atoms. The molecular weight excluding hydrogens is 419 g/mol. The van der Waals surface area contributed by atoms with Crippen molar-refractivity contribution < 1.29 is 27.5 Å². The van der Waals surface area contributed by atoms with Crippen LogP contribution >= 0.6 is 11.8 Å². The number of aliphatic imine (C=N–C) groups is 1. The SMILES string of the molecule is COc1ccc(NC(=O)[C@@H]2CC(=O)N(C)C(=Nc3cccc(C(F)(F)F)c3)S2)cc1. The Morgan fingerprint density at radius 3 is 2.57 bits per heavy atom. The highest BCUT2D eigenvalue weighted by molar-refractivity contribution is 8.15. The summed E-state index contributed by atoms with van der Waals surface area (Å²) in [6, 6.07) is 11.2. The highest BCUT2D eigenvalue weighted by Crippen LogP contribution is 2.33. The number of rotatable bonds is 4. The minimum Gasteiger partial charge on any atom is -0.497 e. The lowest BCUT2D eigenvalue weighted by Gasteiger charge is -2.28. The molecule has 1 fully saturated rings. The third-order valence-corrected chi connectivity index (χ3v) is 5.56. The molecule has 1 aliphatic heterocycles. The van der Waals surface area contributed by atoms with Crippen molar-refractivity contribution in [3.8, 4) is 5.75 Å². The Morgan fingerprint density at radius 1 is 1.23 bits per heavy atom. The van der Waals surface area contributed by atoms with Gasteiger partial charge >= 0.3 is 6.18 Å². The first kappa shape index (κ1) is 21.7. The van der Waals surface area contributed by atoms with E-state index in [2.05, 4.69) is 10.3 Å². The van der Waals surface area contributed by atoms with E-state index in [0.717, 1.165) is 23.9 Å². The van der Waals surface area contributed by atoms with E-state index in [1.807, 2.05) is 0 Å². The monoisotopic (exact) mass is 437 g/mol. The number of hydrogen-bond acceptors (Lipinski definition) is 5. The molecule has 10 heteroatoms. The fraction of sp³-hybridized carbons (Fsp3) is 0.250. The molecule has 0 unspecified atom stereocenters. The molecule has 0 radical (unpaired) electrons. The van der Waals surface area contributed by atoms with Crippen molar-refractivity contribution in [3.05, 3.63) is 54.1 Å². The quantitative estimate of drug-likeness (QED) is 0.774. The first-order valence-corrected chi connectivity index (χ1v) is 9.69. The number of nitrogens with one attached hydrogen (secondary N) is 1. The van der Waals surface area contributed by atoms with Crippen LogP contribution in [0.15, 0.2) is 53.5 Å². The number of alkyl halides is 3. The number of nitrogens with zero attached hydrogens (tertiary/aromatic N) is 2. The Kier molecular flexibility index (Phi) is 6.35. The summed E-state index contributed by atoms with van der Waals surface area (Å²) in [5.74, 6) is -0.120. The Labute approximate surface area is 175 Å². The van der Waals surface area contributed by atoms with E-state index < -0.39 is 22.9 Å². The summed E-state index contributed by atoms with van der Waals surface area (Å²) >= 11 is 1.02. The number of carbonyl (C=O) groups excluding carboxylic acids is 2. The van der Waals surface area contributed by atoms with Crippen LogP contribution in [0.5, 0.6) is 5.75 Å². The van der Waals surface area contributed by atoms with Gasteiger partial charge in [-0.05, 0) is 42.5 Å². The number of ether oxygens (including phenoxy) is 1. The molecule has 1 heterocycles. The van der Waals surface area contributed by atoms with Gasteiger partial charge in [-0.3, -0.25) is 14.5 Å². The second-order valence-electron chi connectivity index (χ2n) is 6.42. The third kappa shape index (κ3) is 5.12. The van der Waals surface area contributed by atoms with Crippen molar-refractivity contribution in [2.75, 3.05) is 19.5 Å². The number of hydrogen-bond donors (Lipinski definition) is 1. The standard InChI is InChI=1S/C20H18F3N3O3S/c1-26-17(27)11-16(18(28)24-13-6-8-15(29-2)9-7-13)30-19(26)25-14-5-3-4-12(10-14)20(21,22)23/h3-10,16H,11H2,1-2H3,(H,24,28)/t16-/m0/s1. The van der Waals surface area contributed by atoms with Gasteiger partial charge in [-0.2, -0.15) is 13.2 Å². The van der Waals surface area contributed by atoms with E-state index in [-0.39, 0.29) is 23.2 Å². The normalized spacial score (nSPS) is 18.4. The van der Waals surface area contributed by atoms with E-state index in [1.54, 1.807) is 24.3 Å². The topological polar surface area (TPSA) is 71.0 Å². The molecule has 158 valence electrons. The van der Waals surface area contributed by atoms with Crippen molar-refractivity contribution in [1.82, 2.24) is 4.90 Å². The minimum atomic E-state index is -4.50. The van der Waals surface area contributed by atoms with Crippen LogP contribution in [0.3, 0.4) is 0 Å². The van der Waals surface area contributed by atoms with Crippen LogP contribution in [0.1, 0.15) is 12.0 Å². The molecule has 30 heavy (non-hydrogen) atoms. The molecule has 1 aliphatic rings. The zero-order valence-corrected chi connectivity index (χ0v) is 16.9. The first-order chi connectivity index (χ1) is 14.2. The Hall–Kier alpha value is -3.01. The van der Waals surface area contributed by atoms with Crippen LogP contribution in [0.25, 0.3) is 0 Å². The summed E-state index contributed by atoms with van der Waals surface area (Å²) in [6.45, 7) is 0. The number of halogens is 3. The van der Waals surface area contributed by atoms with Crippen LogP contribution in [-0.4, -0.2) is 41.3 Å². The fourth-order valence-electron chi connectivity index (χ4n) is 2.66. The fourth-order valence-corrected chi connectivity index (χ4v) is 3.72. The average Bonchev–Trinajstić information content (AvgIpc) is 2.71. The van der Waals surface area contributed by atoms with Crippen LogP contribution < -0.4 is 10.1 Å². The maximum absolute atomic E-state index is 12.9. The van der Waals surface area contributed by atoms with Gasteiger partial charge in [-0.1, -0.05) is 17.8 Å². The summed E-state index contributed by atoms with van der Waals surface area (Å²) in [6.07, 6.45) is -4.55. The molecule has 3 rings (SSSR count). The largest absolute Gasteiger partial charge is 0.497 e. The van der Waals surface area contributed by atoms with Gasteiger partial charge in [0.05, 0.1) is 18.4 Å². The third-order valence-electron chi connectivity index (χ3n) is 4.32. The molecule has 1 atom stereocenters. The van der Waals surface area contributed by atoms with Crippen LogP contribution in [0.4, 0.5) is 24.5 Å². The highest BCUT2D eigenvalue weighted by atomic mass is 32.2. The van der Waals surface area contributed by atoms with Crippen molar-refractivity contribution in [2.24, 2.45) is 4.99 Å². The van der Waals surface area contributed by atoms with Gasteiger partial charge in [0.15, 0.2) is 5.17 Å². The summed E-state index contributed by atoms with van der Waals surface area (Å²) < 4.78 is 43.8. The number of amides is 2. The second kappa shape index (κ2) is 8.78. The van der Waals surface area contributed by atoms with Crippen LogP contribution in [0.2, 0.25) is 0 Å². The van der Waals surface area contributed by atoms with E-state index in [4.69, 9.17) is 4.74 Å². The number of benzene rings is 2. The van der Waals surface area contributed by atoms with Gasteiger partial charge in [-0.15, -0.1) is 0 Å². The van der Waals surface area contributed by atoms with Crippen molar-refractivity contribution in [2.45, 2.75) is 17.8 Å². The maximum Gasteiger partial charge on any atom is 0.416 e. The predicted octanol–water partition coefficient (Wildman–Crippen LogP) is 4.30. The van der Waals surface area contributed by atoms with Gasteiger partial charge in [0, 0.05) is 19.2 Å². The van der Waals surface area contributed by atoms with Crippen LogP contribution in [0, 0.1) is 0 Å². The number of thioether (sulfide) groups is 1. The van der Waals surface area contributed by atoms with Crippen molar-refractivity contribution in [1.29, 1.82) is 0 Å². The lowest BCUT2D eigenvalue weighted by Crippen LogP contribution is -2.43. The molecule has 0 aliphatic carbocycles. The van der Waals surface area contributed by atoms with Gasteiger partial charge in [0.1, 0.15) is 11.0 Å². The first-order valence-electron chi connectivity index (χ1n) is 8.81. The van der Waals surface area contributed by atoms with E-state index in [1.165, 1.54) is 31.2 Å². The number of methoxy groups -OCH3 is 1. The second-order valence-corrected chi connectivity index (χ2v) is 7.59. The molecule has 1 N–H and O–H groups in total. The summed E-state index contributed by atoms with van der Waals surface area (Å²) in [5.41, 5.74) is -0.264. The van der Waals surface area contributed by atoms with Gasteiger partial charge in [0.2, 0.25) is 11.8 Å². The van der Waals surface area contributed by atoms with Crippen molar-refractivity contribution in [3.63, 3.8) is 0 Å². The summed E-state index contributed by atoms with van der Waals surface area (Å²) in [7, 11) is 3.00. The number of carbonyl (C=O) groups is 2. The van der Waals surface area contributed by atoms with E-state index in [9.17, 15) is 22.8 Å². The zero-order chi connectivity index (χ0) is 21.9. The Balaban J connectivity index is 1.78. The van der Waals surface area contributed by atoms with Crippen LogP contribution in [-0.2, 0) is 15.8 Å². The number of amidine groups is 1. The minimum absolute atomic E-state index is 0.0446. The van der Waals surface area contributed by atoms with Crippen molar-refractivity contribution >= 4 is 40.1 Å². The van der Waals surface area contributed by atoms with Gasteiger partial charge in [-0.25, -0.2) is 4.99 Å². The molecule has 2 aromatic rings. The average molecular weight is 437 g/mol. The number of anilines is 1. The van der Waals surface area contributed by atoms with Gasteiger partial charge in [0.25, 0.3) is 0 Å². The highest BCUT2D eigenvalue weighted by Gasteiger charge is 2.34. The maximum atomic E-state index is 12.9. The predicted molar refractivity (Wildman–Crippen MR) is 109 cm³/mol. The molecule has 0 saturated carbocycles. The van der Waals surface area contributed by atoms with E-state index in [0.29, 0.717) is 11.4 Å². The Bertz CT molecular complexity index is 977. The lowest BCUT2D eigenvalue weighted by atomic mass is 10.2. The lowest BCUT2D eigenvalue weighted by molar-refractivity contribution is -0.137. The Morgan fingerprint density at radius 2 is 1.93 bits per heavy atom.